The fourth-order valence-electron chi connectivity index (χ4n) is 4.17. The van der Waals surface area contributed by atoms with Crippen LogP contribution in [0, 0.1) is 16.5 Å². The van der Waals surface area contributed by atoms with Crippen LogP contribution in [-0.4, -0.2) is 41.5 Å². The Labute approximate surface area is 173 Å². The number of nitrogens with one attached hydrogen (secondary N) is 2. The molecule has 2 N–H and O–H groups in total. The number of rotatable bonds is 6. The third kappa shape index (κ3) is 4.40. The highest BCUT2D eigenvalue weighted by molar-refractivity contribution is 6.00. The number of carbonyl (C=O) groups excluding carboxylic acids is 2. The van der Waals surface area contributed by atoms with Crippen LogP contribution in [0.3, 0.4) is 0 Å². The summed E-state index contributed by atoms with van der Waals surface area (Å²) in [6.45, 7) is 5.47. The normalized spacial score (nSPS) is 24.9. The van der Waals surface area contributed by atoms with Crippen molar-refractivity contribution in [1.29, 1.82) is 0 Å². The molecule has 162 valence electrons. The first-order chi connectivity index (χ1) is 14.2. The van der Waals surface area contributed by atoms with Crippen LogP contribution in [0.5, 0.6) is 0 Å². The first-order valence-corrected chi connectivity index (χ1v) is 10.0. The molecule has 0 radical (unpaired) electrons. The Hall–Kier alpha value is -2.68. The molecule has 2 aliphatic heterocycles. The number of carbonyl (C=O) groups is 2. The highest BCUT2D eigenvalue weighted by Gasteiger charge is 2.50. The summed E-state index contributed by atoms with van der Waals surface area (Å²) in [6.07, 6.45) is 0.291. The minimum atomic E-state index is -0.761. The van der Waals surface area contributed by atoms with E-state index in [1.54, 1.807) is 13.8 Å². The standard InChI is InChI=1S/C21H25F2N3O4/c1-4-30-19-8-7-17-20(26(19)29)11(2)15(21(28)25-17)10-18(27)24-12(3)14-6-5-13(22)9-16(14)23/h5-6,9,12,17,19-20H,4,7-8,10H2,1-3H3,(H-,24,25,27,28)/p+1/t12-,17?,19?,20?/m0/s1. The molecule has 30 heavy (non-hydrogen) atoms. The number of halogens is 2. The number of nitrogens with zero attached hydrogens (tertiary/aromatic N) is 1. The molecule has 0 spiro atoms. The van der Waals surface area contributed by atoms with Crippen LogP contribution in [0.15, 0.2) is 29.3 Å². The summed E-state index contributed by atoms with van der Waals surface area (Å²) in [4.78, 5) is 37.8. The molecule has 0 aliphatic carbocycles. The monoisotopic (exact) mass is 422 g/mol. The minimum absolute atomic E-state index is 0.140. The van der Waals surface area contributed by atoms with Gasteiger partial charge in [0.1, 0.15) is 11.6 Å². The van der Waals surface area contributed by atoms with E-state index >= 15 is 0 Å². The van der Waals surface area contributed by atoms with Gasteiger partial charge in [0.2, 0.25) is 17.9 Å². The zero-order chi connectivity index (χ0) is 22.0. The Morgan fingerprint density at radius 3 is 2.77 bits per heavy atom. The van der Waals surface area contributed by atoms with Gasteiger partial charge in [-0.25, -0.2) is 8.78 Å². The first kappa shape index (κ1) is 22.0. The van der Waals surface area contributed by atoms with Gasteiger partial charge in [0, 0.05) is 38.9 Å². The second-order valence-corrected chi connectivity index (χ2v) is 7.67. The Morgan fingerprint density at radius 1 is 1.37 bits per heavy atom. The lowest BCUT2D eigenvalue weighted by molar-refractivity contribution is -0.666. The number of nitroso groups, excluding NO2 is 1. The van der Waals surface area contributed by atoms with Gasteiger partial charge in [-0.15, -0.1) is 0 Å². The van der Waals surface area contributed by atoms with E-state index in [0.717, 1.165) is 16.9 Å². The number of hydrogen-bond acceptors (Lipinski definition) is 4. The molecule has 2 heterocycles. The van der Waals surface area contributed by atoms with Crippen LogP contribution >= 0.6 is 0 Å². The van der Waals surface area contributed by atoms with Crippen molar-refractivity contribution in [2.45, 2.75) is 64.4 Å². The molecule has 1 aromatic rings. The fraction of sp³-hybridized carbons (Fsp3) is 0.524. The van der Waals surface area contributed by atoms with Gasteiger partial charge < -0.3 is 15.4 Å². The van der Waals surface area contributed by atoms with Crippen LogP contribution in [0.1, 0.15) is 51.6 Å². The lowest BCUT2D eigenvalue weighted by Crippen LogP contribution is -2.58. The molecule has 4 atom stereocenters. The third-order valence-corrected chi connectivity index (χ3v) is 5.68. The topological polar surface area (TPSA) is 87.5 Å². The average Bonchev–Trinajstić information content (AvgIpc) is 2.67. The quantitative estimate of drug-likeness (QED) is 0.690. The van der Waals surface area contributed by atoms with Gasteiger partial charge in [-0.2, -0.15) is 0 Å². The van der Waals surface area contributed by atoms with Gasteiger partial charge in [0.05, 0.1) is 25.1 Å². The number of amides is 2. The highest BCUT2D eigenvalue weighted by atomic mass is 19.1. The summed E-state index contributed by atoms with van der Waals surface area (Å²) >= 11 is 0. The van der Waals surface area contributed by atoms with Gasteiger partial charge in [-0.3, -0.25) is 9.59 Å². The molecule has 3 rings (SSSR count). The summed E-state index contributed by atoms with van der Waals surface area (Å²) < 4.78 is 33.4. The second-order valence-electron chi connectivity index (χ2n) is 7.67. The van der Waals surface area contributed by atoms with Crippen LogP contribution < -0.4 is 10.6 Å². The molecule has 1 saturated heterocycles. The molecule has 9 heteroatoms. The van der Waals surface area contributed by atoms with E-state index in [-0.39, 0.29) is 29.5 Å². The van der Waals surface area contributed by atoms with Crippen molar-refractivity contribution in [2.75, 3.05) is 6.61 Å². The SMILES string of the molecule is CCOC1CCC2NC(=O)C(CC(=O)N[C@@H](C)c3ccc(F)cc3F)=C(C)C2[N+]1=O. The van der Waals surface area contributed by atoms with Gasteiger partial charge in [-0.05, 0) is 33.3 Å². The van der Waals surface area contributed by atoms with E-state index in [1.807, 2.05) is 6.92 Å². The number of fused-ring (bicyclic) bond motifs is 1. The molecule has 0 saturated carbocycles. The highest BCUT2D eigenvalue weighted by Crippen LogP contribution is 2.31. The maximum Gasteiger partial charge on any atom is 0.305 e. The molecule has 1 aromatic carbocycles. The molecule has 2 aliphatic rings. The van der Waals surface area contributed by atoms with Crippen molar-refractivity contribution in [1.82, 2.24) is 10.6 Å². The molecule has 1 fully saturated rings. The maximum absolute atomic E-state index is 13.9. The van der Waals surface area contributed by atoms with E-state index in [4.69, 9.17) is 4.74 Å². The zero-order valence-electron chi connectivity index (χ0n) is 17.2. The molecular formula is C21H26F2N3O4+. The van der Waals surface area contributed by atoms with Crippen molar-refractivity contribution >= 4 is 11.8 Å². The molecular weight excluding hydrogens is 396 g/mol. The lowest BCUT2D eigenvalue weighted by Gasteiger charge is -2.34. The van der Waals surface area contributed by atoms with Crippen LogP contribution in [-0.2, 0) is 14.3 Å². The van der Waals surface area contributed by atoms with Gasteiger partial charge in [0.15, 0.2) is 0 Å². The van der Waals surface area contributed by atoms with Crippen LogP contribution in [0.25, 0.3) is 0 Å². The van der Waals surface area contributed by atoms with Crippen molar-refractivity contribution < 1.29 is 27.9 Å². The average molecular weight is 422 g/mol. The summed E-state index contributed by atoms with van der Waals surface area (Å²) in [7, 11) is 0. The van der Waals surface area contributed by atoms with E-state index in [9.17, 15) is 23.3 Å². The van der Waals surface area contributed by atoms with E-state index in [0.29, 0.717) is 25.0 Å². The predicted molar refractivity (Wildman–Crippen MR) is 104 cm³/mol. The summed E-state index contributed by atoms with van der Waals surface area (Å²) in [5.41, 5.74) is 0.902. The Morgan fingerprint density at radius 2 is 2.10 bits per heavy atom. The van der Waals surface area contributed by atoms with Crippen molar-refractivity contribution in [3.05, 3.63) is 51.5 Å². The number of ether oxygens (including phenoxy) is 1. The summed E-state index contributed by atoms with van der Waals surface area (Å²) in [6, 6.07) is 1.49. The number of hydrogen-bond donors (Lipinski definition) is 2. The van der Waals surface area contributed by atoms with E-state index in [2.05, 4.69) is 10.6 Å². The zero-order valence-corrected chi connectivity index (χ0v) is 17.2. The summed E-state index contributed by atoms with van der Waals surface area (Å²) in [5, 5.41) is 5.45. The molecule has 7 nitrogen and oxygen atoms in total. The summed E-state index contributed by atoms with van der Waals surface area (Å²) in [5.74, 6) is -2.34. The second kappa shape index (κ2) is 8.99. The Kier molecular flexibility index (Phi) is 6.60. The molecule has 2 amide bonds. The smallest absolute Gasteiger partial charge is 0.305 e. The van der Waals surface area contributed by atoms with Crippen molar-refractivity contribution in [3.63, 3.8) is 0 Å². The van der Waals surface area contributed by atoms with Crippen LogP contribution in [0.4, 0.5) is 8.78 Å². The molecule has 0 bridgehead atoms. The number of piperidine rings is 1. The Bertz CT molecular complexity index is 902. The molecule has 3 unspecified atom stereocenters. The van der Waals surface area contributed by atoms with E-state index < -0.39 is 35.9 Å². The fourth-order valence-corrected chi connectivity index (χ4v) is 4.17. The first-order valence-electron chi connectivity index (χ1n) is 10.0. The predicted octanol–water partition coefficient (Wildman–Crippen LogP) is 2.65. The maximum atomic E-state index is 13.9. The Balaban J connectivity index is 1.75. The number of benzene rings is 1. The van der Waals surface area contributed by atoms with E-state index in [1.165, 1.54) is 6.07 Å². The van der Waals surface area contributed by atoms with Crippen molar-refractivity contribution in [3.8, 4) is 0 Å². The van der Waals surface area contributed by atoms with Gasteiger partial charge in [-0.1, -0.05) is 6.07 Å². The van der Waals surface area contributed by atoms with Crippen LogP contribution in [0.2, 0.25) is 0 Å². The lowest BCUT2D eigenvalue weighted by atomic mass is 9.84. The third-order valence-electron chi connectivity index (χ3n) is 5.68. The van der Waals surface area contributed by atoms with Gasteiger partial charge in [0.25, 0.3) is 0 Å². The largest absolute Gasteiger partial charge is 0.349 e. The molecule has 0 aromatic heterocycles. The van der Waals surface area contributed by atoms with Gasteiger partial charge >= 0.3 is 6.23 Å². The van der Waals surface area contributed by atoms with Crippen molar-refractivity contribution in [2.24, 2.45) is 0 Å². The minimum Gasteiger partial charge on any atom is -0.349 e.